The molecule has 0 radical (unpaired) electrons. The summed E-state index contributed by atoms with van der Waals surface area (Å²) in [4.78, 5) is 6.25. The van der Waals surface area contributed by atoms with Crippen molar-refractivity contribution in [1.29, 1.82) is 0 Å². The molecule has 1 aromatic heterocycles. The topological polar surface area (TPSA) is 38.9 Å². The van der Waals surface area contributed by atoms with Crippen molar-refractivity contribution in [3.05, 3.63) is 51.5 Å². The van der Waals surface area contributed by atoms with Crippen LogP contribution in [0.15, 0.2) is 30.3 Å². The van der Waals surface area contributed by atoms with Crippen molar-refractivity contribution >= 4 is 11.3 Å². The van der Waals surface area contributed by atoms with Crippen molar-refractivity contribution in [3.8, 4) is 0 Å². The van der Waals surface area contributed by atoms with Crippen LogP contribution in [0.3, 0.4) is 0 Å². The van der Waals surface area contributed by atoms with E-state index in [0.717, 1.165) is 17.0 Å². The van der Waals surface area contributed by atoms with Crippen LogP contribution in [0.4, 0.5) is 0 Å². The maximum atomic E-state index is 6.31. The van der Waals surface area contributed by atoms with Gasteiger partial charge in [0, 0.05) is 10.3 Å². The molecule has 0 saturated carbocycles. The molecule has 0 fully saturated rings. The van der Waals surface area contributed by atoms with Crippen LogP contribution in [0.25, 0.3) is 0 Å². The molecule has 3 rings (SSSR count). The van der Waals surface area contributed by atoms with Crippen molar-refractivity contribution in [2.75, 3.05) is 0 Å². The van der Waals surface area contributed by atoms with Crippen LogP contribution in [-0.4, -0.2) is 4.98 Å². The molecule has 0 bridgehead atoms. The van der Waals surface area contributed by atoms with E-state index in [2.05, 4.69) is 26.0 Å². The summed E-state index contributed by atoms with van der Waals surface area (Å²) in [6.07, 6.45) is 2.36. The molecule has 0 saturated heterocycles. The Morgan fingerprint density at radius 1 is 1.28 bits per heavy atom. The average molecular weight is 258 g/mol. The number of aryl methyl sites for hydroxylation is 1. The zero-order valence-electron chi connectivity index (χ0n) is 10.8. The quantitative estimate of drug-likeness (QED) is 0.896. The minimum atomic E-state index is -0.0856. The number of thiazole rings is 1. The van der Waals surface area contributed by atoms with Gasteiger partial charge in [0.1, 0.15) is 5.01 Å². The number of nitrogens with zero attached hydrogens (tertiary/aromatic N) is 1. The summed E-state index contributed by atoms with van der Waals surface area (Å²) in [5.41, 5.74) is 8.95. The van der Waals surface area contributed by atoms with Crippen LogP contribution in [0, 0.1) is 0 Å². The second-order valence-electron chi connectivity index (χ2n) is 5.60. The van der Waals surface area contributed by atoms with Crippen molar-refractivity contribution in [2.24, 2.45) is 5.73 Å². The number of nitrogens with two attached hydrogens (primary N) is 1. The van der Waals surface area contributed by atoms with Gasteiger partial charge < -0.3 is 5.73 Å². The monoisotopic (exact) mass is 258 g/mol. The molecular weight excluding hydrogens is 240 g/mol. The Hall–Kier alpha value is -1.19. The lowest BCUT2D eigenvalue weighted by atomic mass is 9.91. The van der Waals surface area contributed by atoms with Crippen LogP contribution < -0.4 is 5.73 Å². The Bertz CT molecular complexity index is 557. The molecule has 1 unspecified atom stereocenters. The van der Waals surface area contributed by atoms with E-state index in [4.69, 9.17) is 10.7 Å². The van der Waals surface area contributed by atoms with Gasteiger partial charge in [-0.3, -0.25) is 0 Å². The average Bonchev–Trinajstić information content (AvgIpc) is 2.91. The predicted octanol–water partition coefficient (Wildman–Crippen LogP) is 3.42. The summed E-state index contributed by atoms with van der Waals surface area (Å²) >= 11 is 1.79. The summed E-state index contributed by atoms with van der Waals surface area (Å²) < 4.78 is 0. The largest absolute Gasteiger partial charge is 0.318 e. The minimum Gasteiger partial charge on any atom is -0.318 e. The van der Waals surface area contributed by atoms with E-state index in [9.17, 15) is 0 Å². The zero-order valence-corrected chi connectivity index (χ0v) is 11.6. The summed E-state index contributed by atoms with van der Waals surface area (Å²) in [5, 5.41) is 1.05. The van der Waals surface area contributed by atoms with Gasteiger partial charge in [0.05, 0.1) is 11.7 Å². The van der Waals surface area contributed by atoms with E-state index in [1.165, 1.54) is 17.0 Å². The molecule has 2 aromatic rings. The molecule has 2 nitrogen and oxygen atoms in total. The van der Waals surface area contributed by atoms with E-state index in [0.29, 0.717) is 0 Å². The Balaban J connectivity index is 1.96. The van der Waals surface area contributed by atoms with Crippen LogP contribution in [0.2, 0.25) is 0 Å². The third-order valence-electron chi connectivity index (χ3n) is 3.76. The van der Waals surface area contributed by atoms with Gasteiger partial charge in [0.2, 0.25) is 0 Å². The molecular formula is C15H18N2S. The van der Waals surface area contributed by atoms with Gasteiger partial charge in [-0.05, 0) is 18.4 Å². The van der Waals surface area contributed by atoms with Crippen LogP contribution in [0.5, 0.6) is 0 Å². The fraction of sp³-hybridized carbons (Fsp3) is 0.400. The molecule has 2 N–H and O–H groups in total. The number of rotatable bonds is 2. The fourth-order valence-corrected chi connectivity index (χ4v) is 3.82. The summed E-state index contributed by atoms with van der Waals surface area (Å²) in [7, 11) is 0. The molecule has 94 valence electrons. The highest BCUT2D eigenvalue weighted by atomic mass is 32.1. The Morgan fingerprint density at radius 3 is 2.67 bits per heavy atom. The Kier molecular flexibility index (Phi) is 2.76. The van der Waals surface area contributed by atoms with Gasteiger partial charge in [-0.2, -0.15) is 0 Å². The number of fused-ring (bicyclic) bond motifs is 1. The van der Waals surface area contributed by atoms with Gasteiger partial charge in [0.25, 0.3) is 0 Å². The lowest BCUT2D eigenvalue weighted by Crippen LogP contribution is -2.15. The molecule has 1 aliphatic rings. The van der Waals surface area contributed by atoms with Crippen LogP contribution in [-0.2, 0) is 11.8 Å². The van der Waals surface area contributed by atoms with E-state index in [1.54, 1.807) is 11.3 Å². The van der Waals surface area contributed by atoms with E-state index in [1.807, 2.05) is 18.2 Å². The third-order valence-corrected chi connectivity index (χ3v) is 4.95. The normalized spacial score (nSPS) is 18.6. The predicted molar refractivity (Wildman–Crippen MR) is 75.9 cm³/mol. The van der Waals surface area contributed by atoms with Gasteiger partial charge in [-0.1, -0.05) is 44.2 Å². The summed E-state index contributed by atoms with van der Waals surface area (Å²) in [6.45, 7) is 4.55. The number of aromatic nitrogens is 1. The molecule has 1 heterocycles. The zero-order chi connectivity index (χ0) is 12.8. The third kappa shape index (κ3) is 1.88. The molecule has 18 heavy (non-hydrogen) atoms. The Morgan fingerprint density at radius 2 is 2.00 bits per heavy atom. The molecule has 0 spiro atoms. The van der Waals surface area contributed by atoms with E-state index >= 15 is 0 Å². The Labute approximate surface area is 112 Å². The number of hydrogen-bond donors (Lipinski definition) is 1. The van der Waals surface area contributed by atoms with Crippen LogP contribution in [0.1, 0.15) is 47.5 Å². The van der Waals surface area contributed by atoms with Crippen molar-refractivity contribution in [1.82, 2.24) is 4.98 Å². The number of benzene rings is 1. The lowest BCUT2D eigenvalue weighted by Gasteiger charge is -2.16. The van der Waals surface area contributed by atoms with Gasteiger partial charge in [-0.25, -0.2) is 4.98 Å². The van der Waals surface area contributed by atoms with Gasteiger partial charge in [0.15, 0.2) is 0 Å². The summed E-state index contributed by atoms with van der Waals surface area (Å²) in [6, 6.07) is 10.1. The molecule has 0 aliphatic heterocycles. The standard InChI is InChI=1S/C15H18N2S/c1-15(2)9-8-11-13(15)17-14(18-11)12(16)10-6-4-3-5-7-10/h3-7,12H,8-9,16H2,1-2H3. The summed E-state index contributed by atoms with van der Waals surface area (Å²) in [5.74, 6) is 0. The first-order valence-electron chi connectivity index (χ1n) is 6.38. The first kappa shape index (κ1) is 11.9. The second-order valence-corrected chi connectivity index (χ2v) is 6.71. The second kappa shape index (κ2) is 4.18. The van der Waals surface area contributed by atoms with Gasteiger partial charge >= 0.3 is 0 Å². The maximum Gasteiger partial charge on any atom is 0.114 e. The molecule has 0 amide bonds. The molecule has 1 aliphatic carbocycles. The number of hydrogen-bond acceptors (Lipinski definition) is 3. The highest BCUT2D eigenvalue weighted by Crippen LogP contribution is 2.42. The first-order valence-corrected chi connectivity index (χ1v) is 7.20. The first-order chi connectivity index (χ1) is 8.58. The molecule has 1 atom stereocenters. The molecule has 1 aromatic carbocycles. The SMILES string of the molecule is CC1(C)CCc2sc(C(N)c3ccccc3)nc21. The van der Waals surface area contributed by atoms with Crippen molar-refractivity contribution < 1.29 is 0 Å². The lowest BCUT2D eigenvalue weighted by molar-refractivity contribution is 0.507. The van der Waals surface area contributed by atoms with Crippen molar-refractivity contribution in [2.45, 2.75) is 38.1 Å². The van der Waals surface area contributed by atoms with E-state index < -0.39 is 0 Å². The fourth-order valence-electron chi connectivity index (χ4n) is 2.55. The van der Waals surface area contributed by atoms with Crippen LogP contribution >= 0.6 is 11.3 Å². The van der Waals surface area contributed by atoms with Crippen molar-refractivity contribution in [3.63, 3.8) is 0 Å². The van der Waals surface area contributed by atoms with Gasteiger partial charge in [-0.15, -0.1) is 11.3 Å². The highest BCUT2D eigenvalue weighted by molar-refractivity contribution is 7.11. The van der Waals surface area contributed by atoms with E-state index in [-0.39, 0.29) is 11.5 Å². The maximum absolute atomic E-state index is 6.31. The molecule has 3 heteroatoms. The minimum absolute atomic E-state index is 0.0856. The smallest absolute Gasteiger partial charge is 0.114 e. The highest BCUT2D eigenvalue weighted by Gasteiger charge is 2.34.